The normalized spacial score (nSPS) is 21.6. The van der Waals surface area contributed by atoms with Crippen LogP contribution in [0.25, 0.3) is 0 Å². The van der Waals surface area contributed by atoms with Crippen molar-refractivity contribution >= 4 is 0 Å². The molecule has 1 fully saturated rings. The lowest BCUT2D eigenvalue weighted by molar-refractivity contribution is 0.124. The van der Waals surface area contributed by atoms with Gasteiger partial charge in [-0.2, -0.15) is 0 Å². The second kappa shape index (κ2) is 2.86. The van der Waals surface area contributed by atoms with Gasteiger partial charge in [-0.1, -0.05) is 5.92 Å². The fourth-order valence-electron chi connectivity index (χ4n) is 0.800. The van der Waals surface area contributed by atoms with Gasteiger partial charge in [0.15, 0.2) is 0 Å². The average molecular weight is 125 g/mol. The van der Waals surface area contributed by atoms with Crippen LogP contribution in [0.2, 0.25) is 0 Å². The molecule has 1 aliphatic rings. The molecule has 0 radical (unpaired) electrons. The van der Waals surface area contributed by atoms with Gasteiger partial charge in [0.2, 0.25) is 0 Å². The first-order valence-corrected chi connectivity index (χ1v) is 3.15. The van der Waals surface area contributed by atoms with Gasteiger partial charge in [-0.25, -0.2) is 0 Å². The standard InChI is InChI=1S/C7H11NO/c1-2-3-7(9)6-4-8-5-6/h6-9H,4-5H2,1H3. The van der Waals surface area contributed by atoms with E-state index in [0.29, 0.717) is 5.92 Å². The lowest BCUT2D eigenvalue weighted by atomic mass is 9.97. The molecule has 0 spiro atoms. The van der Waals surface area contributed by atoms with E-state index in [1.165, 1.54) is 0 Å². The third-order valence-electron chi connectivity index (χ3n) is 1.55. The molecule has 1 atom stereocenters. The van der Waals surface area contributed by atoms with Gasteiger partial charge in [0.25, 0.3) is 0 Å². The smallest absolute Gasteiger partial charge is 0.119 e. The Kier molecular flexibility index (Phi) is 2.10. The predicted molar refractivity (Wildman–Crippen MR) is 35.8 cm³/mol. The first kappa shape index (κ1) is 6.60. The van der Waals surface area contributed by atoms with Crippen LogP contribution in [0.3, 0.4) is 0 Å². The van der Waals surface area contributed by atoms with Crippen LogP contribution in [0.1, 0.15) is 6.92 Å². The van der Waals surface area contributed by atoms with E-state index in [4.69, 9.17) is 5.11 Å². The molecule has 2 N–H and O–H groups in total. The van der Waals surface area contributed by atoms with Gasteiger partial charge in [-0.15, -0.1) is 5.92 Å². The Balaban J connectivity index is 2.29. The molecule has 9 heavy (non-hydrogen) atoms. The van der Waals surface area contributed by atoms with Crippen LogP contribution in [-0.4, -0.2) is 24.3 Å². The van der Waals surface area contributed by atoms with Gasteiger partial charge in [-0.3, -0.25) is 0 Å². The first-order valence-electron chi connectivity index (χ1n) is 3.15. The Morgan fingerprint density at radius 2 is 2.33 bits per heavy atom. The van der Waals surface area contributed by atoms with E-state index in [2.05, 4.69) is 17.2 Å². The lowest BCUT2D eigenvalue weighted by Gasteiger charge is -2.28. The SMILES string of the molecule is CC#CC(O)C1CNC1. The fourth-order valence-corrected chi connectivity index (χ4v) is 0.800. The van der Waals surface area contributed by atoms with E-state index in [1.54, 1.807) is 6.92 Å². The molecule has 1 saturated heterocycles. The zero-order chi connectivity index (χ0) is 6.69. The summed E-state index contributed by atoms with van der Waals surface area (Å²) in [6.07, 6.45) is -0.406. The maximum Gasteiger partial charge on any atom is 0.119 e. The first-order chi connectivity index (χ1) is 4.34. The molecule has 0 aliphatic carbocycles. The summed E-state index contributed by atoms with van der Waals surface area (Å²) >= 11 is 0. The molecule has 0 aromatic carbocycles. The maximum absolute atomic E-state index is 9.16. The Morgan fingerprint density at radius 1 is 1.67 bits per heavy atom. The van der Waals surface area contributed by atoms with Crippen LogP contribution in [0, 0.1) is 17.8 Å². The van der Waals surface area contributed by atoms with E-state index >= 15 is 0 Å². The van der Waals surface area contributed by atoms with E-state index in [1.807, 2.05) is 0 Å². The average Bonchev–Trinajstić information content (AvgIpc) is 1.60. The molecule has 0 saturated carbocycles. The topological polar surface area (TPSA) is 32.3 Å². The fraction of sp³-hybridized carbons (Fsp3) is 0.714. The van der Waals surface area contributed by atoms with Gasteiger partial charge in [0.05, 0.1) is 0 Å². The van der Waals surface area contributed by atoms with Crippen LogP contribution < -0.4 is 5.32 Å². The zero-order valence-electron chi connectivity index (χ0n) is 5.52. The van der Waals surface area contributed by atoms with E-state index in [-0.39, 0.29) is 0 Å². The van der Waals surface area contributed by atoms with Crippen molar-refractivity contribution < 1.29 is 5.11 Å². The highest BCUT2D eigenvalue weighted by Crippen LogP contribution is 2.07. The summed E-state index contributed by atoms with van der Waals surface area (Å²) in [6, 6.07) is 0. The van der Waals surface area contributed by atoms with Crippen molar-refractivity contribution in [3.05, 3.63) is 0 Å². The Morgan fingerprint density at radius 3 is 2.67 bits per heavy atom. The van der Waals surface area contributed by atoms with Crippen LogP contribution in [0.15, 0.2) is 0 Å². The molecular weight excluding hydrogens is 114 g/mol. The Labute approximate surface area is 55.3 Å². The van der Waals surface area contributed by atoms with Gasteiger partial charge in [0, 0.05) is 19.0 Å². The summed E-state index contributed by atoms with van der Waals surface area (Å²) in [4.78, 5) is 0. The van der Waals surface area contributed by atoms with Crippen LogP contribution in [-0.2, 0) is 0 Å². The number of aliphatic hydroxyl groups excluding tert-OH is 1. The molecule has 0 amide bonds. The molecule has 1 rings (SSSR count). The Bertz CT molecular complexity index is 141. The highest BCUT2D eigenvalue weighted by molar-refractivity contribution is 5.06. The molecule has 50 valence electrons. The van der Waals surface area contributed by atoms with E-state index in [9.17, 15) is 0 Å². The van der Waals surface area contributed by atoms with Crippen LogP contribution >= 0.6 is 0 Å². The molecule has 2 heteroatoms. The zero-order valence-corrected chi connectivity index (χ0v) is 5.52. The van der Waals surface area contributed by atoms with Crippen molar-refractivity contribution in [1.29, 1.82) is 0 Å². The third-order valence-corrected chi connectivity index (χ3v) is 1.55. The number of hydrogen-bond donors (Lipinski definition) is 2. The summed E-state index contributed by atoms with van der Waals surface area (Å²) in [5, 5.41) is 12.2. The molecule has 1 unspecified atom stereocenters. The van der Waals surface area contributed by atoms with E-state index < -0.39 is 6.10 Å². The van der Waals surface area contributed by atoms with Crippen molar-refractivity contribution in [3.63, 3.8) is 0 Å². The summed E-state index contributed by atoms with van der Waals surface area (Å²) < 4.78 is 0. The van der Waals surface area contributed by atoms with Crippen LogP contribution in [0.4, 0.5) is 0 Å². The summed E-state index contributed by atoms with van der Waals surface area (Å²) in [5.41, 5.74) is 0. The number of aliphatic hydroxyl groups is 1. The van der Waals surface area contributed by atoms with Crippen LogP contribution in [0.5, 0.6) is 0 Å². The van der Waals surface area contributed by atoms with Crippen molar-refractivity contribution in [1.82, 2.24) is 5.32 Å². The number of rotatable bonds is 1. The minimum absolute atomic E-state index is 0.373. The van der Waals surface area contributed by atoms with Crippen molar-refractivity contribution in [3.8, 4) is 11.8 Å². The van der Waals surface area contributed by atoms with Gasteiger partial charge in [0.1, 0.15) is 6.10 Å². The summed E-state index contributed by atoms with van der Waals surface area (Å²) in [6.45, 7) is 3.57. The maximum atomic E-state index is 9.16. The monoisotopic (exact) mass is 125 g/mol. The molecule has 0 aromatic heterocycles. The molecule has 0 bridgehead atoms. The predicted octanol–water partition coefficient (Wildman–Crippen LogP) is -0.410. The summed E-state index contributed by atoms with van der Waals surface area (Å²) in [7, 11) is 0. The minimum atomic E-state index is -0.406. The lowest BCUT2D eigenvalue weighted by Crippen LogP contribution is -2.48. The number of nitrogens with one attached hydrogen (secondary N) is 1. The minimum Gasteiger partial charge on any atom is -0.380 e. The Hall–Kier alpha value is -0.520. The highest BCUT2D eigenvalue weighted by Gasteiger charge is 2.23. The summed E-state index contributed by atoms with van der Waals surface area (Å²) in [5.74, 6) is 5.77. The molecule has 1 heterocycles. The van der Waals surface area contributed by atoms with Crippen molar-refractivity contribution in [2.75, 3.05) is 13.1 Å². The molecule has 1 aliphatic heterocycles. The molecule has 2 nitrogen and oxygen atoms in total. The third kappa shape index (κ3) is 1.44. The van der Waals surface area contributed by atoms with Gasteiger partial charge < -0.3 is 10.4 Å². The molecular formula is C7H11NO. The highest BCUT2D eigenvalue weighted by atomic mass is 16.3. The van der Waals surface area contributed by atoms with Gasteiger partial charge >= 0.3 is 0 Å². The van der Waals surface area contributed by atoms with Crippen molar-refractivity contribution in [2.24, 2.45) is 5.92 Å². The van der Waals surface area contributed by atoms with Gasteiger partial charge in [-0.05, 0) is 6.92 Å². The second-order valence-corrected chi connectivity index (χ2v) is 2.26. The van der Waals surface area contributed by atoms with Crippen molar-refractivity contribution in [2.45, 2.75) is 13.0 Å². The molecule has 0 aromatic rings. The van der Waals surface area contributed by atoms with E-state index in [0.717, 1.165) is 13.1 Å². The number of hydrogen-bond acceptors (Lipinski definition) is 2. The second-order valence-electron chi connectivity index (χ2n) is 2.26. The quantitative estimate of drug-likeness (QED) is 0.467. The largest absolute Gasteiger partial charge is 0.380 e.